The Morgan fingerprint density at radius 1 is 1.20 bits per heavy atom. The lowest BCUT2D eigenvalue weighted by molar-refractivity contribution is 0.139. The van der Waals surface area contributed by atoms with Gasteiger partial charge in [0, 0.05) is 42.0 Å². The number of ether oxygens (including phenoxy) is 1. The number of benzene rings is 1. The Balaban J connectivity index is 1.53. The maximum absolute atomic E-state index is 5.81. The molecule has 0 saturated heterocycles. The van der Waals surface area contributed by atoms with E-state index in [9.17, 15) is 0 Å². The summed E-state index contributed by atoms with van der Waals surface area (Å²) >= 11 is 3.43. The summed E-state index contributed by atoms with van der Waals surface area (Å²) in [4.78, 5) is 2.48. The van der Waals surface area contributed by atoms with Crippen molar-refractivity contribution in [3.63, 3.8) is 0 Å². The summed E-state index contributed by atoms with van der Waals surface area (Å²) in [6.07, 6.45) is 2.17. The second kappa shape index (κ2) is 6.02. The van der Waals surface area contributed by atoms with Crippen molar-refractivity contribution in [3.8, 4) is 5.75 Å². The average Bonchev–Trinajstić information content (AvgIpc) is 2.93. The van der Waals surface area contributed by atoms with E-state index in [1.165, 1.54) is 5.69 Å². The number of halogens is 1. The molecule has 0 spiro atoms. The van der Waals surface area contributed by atoms with Crippen molar-refractivity contribution in [2.24, 2.45) is 0 Å². The number of nitrogens with zero attached hydrogens (tertiary/aromatic N) is 2. The normalized spacial score (nSPS) is 18.8. The smallest absolute Gasteiger partial charge is 0.119 e. The van der Waals surface area contributed by atoms with Gasteiger partial charge in [-0.05, 0) is 43.3 Å². The van der Waals surface area contributed by atoms with Crippen molar-refractivity contribution in [1.82, 2.24) is 9.47 Å². The van der Waals surface area contributed by atoms with Crippen LogP contribution in [0.5, 0.6) is 5.75 Å². The van der Waals surface area contributed by atoms with E-state index in [2.05, 4.69) is 50.7 Å². The van der Waals surface area contributed by atoms with Gasteiger partial charge in [-0.25, -0.2) is 0 Å². The van der Waals surface area contributed by atoms with Gasteiger partial charge in [-0.1, -0.05) is 15.9 Å². The monoisotopic (exact) mass is 334 g/mol. The number of hydrogen-bond acceptors (Lipinski definition) is 2. The second-order valence-electron chi connectivity index (χ2n) is 5.14. The van der Waals surface area contributed by atoms with Gasteiger partial charge in [-0.3, -0.25) is 4.90 Å². The van der Waals surface area contributed by atoms with Crippen molar-refractivity contribution in [3.05, 3.63) is 52.8 Å². The van der Waals surface area contributed by atoms with E-state index in [1.807, 2.05) is 24.3 Å². The van der Waals surface area contributed by atoms with Crippen LogP contribution < -0.4 is 4.74 Å². The Kier molecular flexibility index (Phi) is 4.13. The third kappa shape index (κ3) is 2.91. The quantitative estimate of drug-likeness (QED) is 0.848. The lowest BCUT2D eigenvalue weighted by atomic mass is 10.1. The molecule has 3 rings (SSSR count). The summed E-state index contributed by atoms with van der Waals surface area (Å²) in [6.45, 7) is 6.12. The molecule has 3 nitrogen and oxygen atoms in total. The van der Waals surface area contributed by atoms with E-state index in [0.717, 1.165) is 36.5 Å². The maximum atomic E-state index is 5.81. The van der Waals surface area contributed by atoms with Gasteiger partial charge in [0.1, 0.15) is 12.4 Å². The first-order valence-electron chi connectivity index (χ1n) is 7.01. The topological polar surface area (TPSA) is 17.4 Å². The highest BCUT2D eigenvalue weighted by Gasteiger charge is 2.22. The molecule has 20 heavy (non-hydrogen) atoms. The molecule has 1 aromatic heterocycles. The highest BCUT2D eigenvalue weighted by atomic mass is 79.9. The first-order chi connectivity index (χ1) is 9.74. The van der Waals surface area contributed by atoms with Crippen molar-refractivity contribution in [2.45, 2.75) is 19.5 Å². The molecule has 1 aliphatic rings. The van der Waals surface area contributed by atoms with Gasteiger partial charge >= 0.3 is 0 Å². The van der Waals surface area contributed by atoms with Gasteiger partial charge in [0.2, 0.25) is 0 Å². The average molecular weight is 335 g/mol. The molecule has 0 bridgehead atoms. The van der Waals surface area contributed by atoms with Gasteiger partial charge in [0.05, 0.1) is 0 Å². The Hall–Kier alpha value is -1.26. The van der Waals surface area contributed by atoms with Gasteiger partial charge in [0.15, 0.2) is 0 Å². The molecule has 0 saturated carbocycles. The molecule has 106 valence electrons. The zero-order valence-electron chi connectivity index (χ0n) is 11.6. The van der Waals surface area contributed by atoms with E-state index in [1.54, 1.807) is 0 Å². The third-order valence-electron chi connectivity index (χ3n) is 3.93. The van der Waals surface area contributed by atoms with Gasteiger partial charge in [-0.15, -0.1) is 0 Å². The van der Waals surface area contributed by atoms with E-state index < -0.39 is 0 Å². The highest BCUT2D eigenvalue weighted by molar-refractivity contribution is 9.10. The number of rotatable bonds is 4. The lowest BCUT2D eigenvalue weighted by Gasteiger charge is -2.34. The van der Waals surface area contributed by atoms with Crippen LogP contribution in [0.1, 0.15) is 18.7 Å². The number of fused-ring (bicyclic) bond motifs is 1. The summed E-state index contributed by atoms with van der Waals surface area (Å²) in [5.74, 6) is 0.932. The van der Waals surface area contributed by atoms with Gasteiger partial charge in [0.25, 0.3) is 0 Å². The van der Waals surface area contributed by atoms with Crippen molar-refractivity contribution in [2.75, 3.05) is 19.7 Å². The van der Waals surface area contributed by atoms with Crippen molar-refractivity contribution in [1.29, 1.82) is 0 Å². The molecule has 0 aliphatic carbocycles. The molecular weight excluding hydrogens is 316 g/mol. The number of aromatic nitrogens is 1. The predicted octanol–water partition coefficient (Wildman–Crippen LogP) is 3.71. The molecule has 0 radical (unpaired) electrons. The zero-order valence-corrected chi connectivity index (χ0v) is 13.2. The van der Waals surface area contributed by atoms with E-state index in [0.29, 0.717) is 6.04 Å². The summed E-state index contributed by atoms with van der Waals surface area (Å²) in [5, 5.41) is 0. The minimum Gasteiger partial charge on any atom is -0.492 e. The first kappa shape index (κ1) is 13.7. The first-order valence-corrected chi connectivity index (χ1v) is 7.81. The van der Waals surface area contributed by atoms with Crippen molar-refractivity contribution >= 4 is 15.9 Å². The van der Waals surface area contributed by atoms with E-state index >= 15 is 0 Å². The molecule has 0 amide bonds. The van der Waals surface area contributed by atoms with Crippen LogP contribution in [0.25, 0.3) is 0 Å². The second-order valence-corrected chi connectivity index (χ2v) is 6.06. The van der Waals surface area contributed by atoms with Crippen LogP contribution in [0.15, 0.2) is 47.1 Å². The van der Waals surface area contributed by atoms with Crippen LogP contribution in [0.4, 0.5) is 0 Å². The fourth-order valence-electron chi connectivity index (χ4n) is 2.74. The lowest BCUT2D eigenvalue weighted by Crippen LogP contribution is -2.38. The summed E-state index contributed by atoms with van der Waals surface area (Å²) in [6, 6.07) is 12.8. The van der Waals surface area contributed by atoms with Crippen LogP contribution in [-0.2, 0) is 6.54 Å². The minimum absolute atomic E-state index is 0.465. The molecule has 0 N–H and O–H groups in total. The molecule has 1 unspecified atom stereocenters. The molecule has 2 heterocycles. The summed E-state index contributed by atoms with van der Waals surface area (Å²) < 4.78 is 9.24. The van der Waals surface area contributed by atoms with Gasteiger partial charge < -0.3 is 9.30 Å². The Morgan fingerprint density at radius 2 is 2.00 bits per heavy atom. The zero-order chi connectivity index (χ0) is 13.9. The van der Waals surface area contributed by atoms with Crippen LogP contribution in [0.3, 0.4) is 0 Å². The maximum Gasteiger partial charge on any atom is 0.119 e. The summed E-state index contributed by atoms with van der Waals surface area (Å²) in [5.41, 5.74) is 1.40. The predicted molar refractivity (Wildman–Crippen MR) is 84.1 cm³/mol. The molecule has 4 heteroatoms. The fourth-order valence-corrected chi connectivity index (χ4v) is 3.01. The molecule has 2 aromatic rings. The van der Waals surface area contributed by atoms with E-state index in [4.69, 9.17) is 4.74 Å². The standard InChI is InChI=1S/C16H19BrN2O/c1-13-16-3-2-8-19(16)10-9-18(13)11-12-20-15-6-4-14(17)5-7-15/h2-8,13H,9-12H2,1H3. The largest absolute Gasteiger partial charge is 0.492 e. The van der Waals surface area contributed by atoms with Gasteiger partial charge in [-0.2, -0.15) is 0 Å². The van der Waals surface area contributed by atoms with E-state index in [-0.39, 0.29) is 0 Å². The molecule has 1 aromatic carbocycles. The van der Waals surface area contributed by atoms with Crippen LogP contribution in [0.2, 0.25) is 0 Å². The molecule has 1 atom stereocenters. The highest BCUT2D eigenvalue weighted by Crippen LogP contribution is 2.25. The Morgan fingerprint density at radius 3 is 2.80 bits per heavy atom. The third-order valence-corrected chi connectivity index (χ3v) is 4.46. The Bertz CT molecular complexity index is 564. The Labute approximate surface area is 128 Å². The van der Waals surface area contributed by atoms with Crippen LogP contribution in [-0.4, -0.2) is 29.2 Å². The summed E-state index contributed by atoms with van der Waals surface area (Å²) in [7, 11) is 0. The van der Waals surface area contributed by atoms with Crippen LogP contribution in [0, 0.1) is 0 Å². The SMILES string of the molecule is CC1c2cccn2CCN1CCOc1ccc(Br)cc1. The molecule has 1 aliphatic heterocycles. The van der Waals surface area contributed by atoms with Crippen LogP contribution >= 0.6 is 15.9 Å². The minimum atomic E-state index is 0.465. The van der Waals surface area contributed by atoms with Crippen molar-refractivity contribution < 1.29 is 4.74 Å². The number of hydrogen-bond donors (Lipinski definition) is 0. The molecular formula is C16H19BrN2O. The fraction of sp³-hybridized carbons (Fsp3) is 0.375. The molecule has 0 fully saturated rings.